The molecule has 10 heteroatoms. The summed E-state index contributed by atoms with van der Waals surface area (Å²) >= 11 is 0. The van der Waals surface area contributed by atoms with Gasteiger partial charge < -0.3 is 0 Å². The molecule has 2 N–H and O–H groups in total. The first-order chi connectivity index (χ1) is 24.0. The quantitative estimate of drug-likeness (QED) is 0.0918. The van der Waals surface area contributed by atoms with Crippen molar-refractivity contribution in [1.29, 1.82) is 0 Å². The average Bonchev–Trinajstić information content (AvgIpc) is 3.11. The lowest BCUT2D eigenvalue weighted by molar-refractivity contribution is 0.481. The van der Waals surface area contributed by atoms with E-state index >= 15 is 0 Å². The van der Waals surface area contributed by atoms with Crippen molar-refractivity contribution >= 4 is 48.0 Å². The van der Waals surface area contributed by atoms with Crippen LogP contribution in [0.3, 0.4) is 0 Å². The Labute approximate surface area is 297 Å². The van der Waals surface area contributed by atoms with Crippen molar-refractivity contribution in [1.82, 2.24) is 0 Å². The summed E-state index contributed by atoms with van der Waals surface area (Å²) in [6, 6.07) is 47.1. The van der Waals surface area contributed by atoms with Crippen LogP contribution in [0.4, 0.5) is 0 Å². The summed E-state index contributed by atoms with van der Waals surface area (Å²) in [6.07, 6.45) is 3.22. The molecule has 0 aliphatic heterocycles. The molecule has 0 saturated heterocycles. The molecule has 50 heavy (non-hydrogen) atoms. The van der Waals surface area contributed by atoms with Gasteiger partial charge in [-0.1, -0.05) is 138 Å². The molecule has 2 atom stereocenters. The smallest absolute Gasteiger partial charge is 0.282 e. The molecule has 0 fully saturated rings. The molecule has 6 rings (SSSR count). The SMILES string of the molecule is O=S(=O)(O)c1ccc(Cc2ccc(PCc3ccccc3-c3ccccc3CPc3ccc(Cc4ccc(S(=O)(=O)O)cc4)cc3)cc2)cc1. The van der Waals surface area contributed by atoms with Crippen LogP contribution in [0.5, 0.6) is 0 Å². The van der Waals surface area contributed by atoms with E-state index in [9.17, 15) is 25.9 Å². The van der Waals surface area contributed by atoms with Crippen LogP contribution in [-0.2, 0) is 45.4 Å². The second-order valence-electron chi connectivity index (χ2n) is 12.0. The zero-order chi connectivity index (χ0) is 35.1. The lowest BCUT2D eigenvalue weighted by atomic mass is 9.97. The number of benzene rings is 6. The van der Waals surface area contributed by atoms with E-state index in [4.69, 9.17) is 0 Å². The molecule has 6 aromatic carbocycles. The van der Waals surface area contributed by atoms with E-state index < -0.39 is 20.2 Å². The van der Waals surface area contributed by atoms with Gasteiger partial charge in [0, 0.05) is 0 Å². The van der Waals surface area contributed by atoms with E-state index in [0.717, 1.165) is 34.6 Å². The lowest BCUT2D eigenvalue weighted by Crippen LogP contribution is -2.00. The van der Waals surface area contributed by atoms with Crippen molar-refractivity contribution in [3.05, 3.63) is 179 Å². The summed E-state index contributed by atoms with van der Waals surface area (Å²) in [4.78, 5) is -0.201. The Bertz CT molecular complexity index is 2120. The molecule has 6 aromatic rings. The van der Waals surface area contributed by atoms with Crippen LogP contribution in [0.2, 0.25) is 0 Å². The van der Waals surface area contributed by atoms with Crippen molar-refractivity contribution in [2.75, 3.05) is 0 Å². The summed E-state index contributed by atoms with van der Waals surface area (Å²) in [6.45, 7) is 0. The van der Waals surface area contributed by atoms with Gasteiger partial charge in [0.05, 0.1) is 9.79 Å². The van der Waals surface area contributed by atoms with Crippen molar-refractivity contribution in [2.45, 2.75) is 35.0 Å². The van der Waals surface area contributed by atoms with Crippen molar-refractivity contribution in [3.63, 3.8) is 0 Å². The van der Waals surface area contributed by atoms with Gasteiger partial charge in [0.25, 0.3) is 20.2 Å². The summed E-state index contributed by atoms with van der Waals surface area (Å²) in [5.41, 5.74) is 9.38. The molecule has 254 valence electrons. The van der Waals surface area contributed by atoms with E-state index in [2.05, 4.69) is 97.1 Å². The predicted octanol–water partition coefficient (Wildman–Crippen LogP) is 8.04. The molecule has 0 radical (unpaired) electrons. The zero-order valence-corrected chi connectivity index (χ0v) is 30.7. The van der Waals surface area contributed by atoms with Crippen LogP contribution in [0.15, 0.2) is 155 Å². The fraction of sp³-hybridized carbons (Fsp3) is 0.100. The summed E-state index contributed by atoms with van der Waals surface area (Å²) in [5.74, 6) is 0. The maximum atomic E-state index is 11.3. The van der Waals surface area contributed by atoms with Crippen molar-refractivity contribution in [2.24, 2.45) is 0 Å². The Morgan fingerprint density at radius 2 is 0.700 bits per heavy atom. The summed E-state index contributed by atoms with van der Waals surface area (Å²) in [5, 5.41) is 2.55. The third kappa shape index (κ3) is 9.61. The average molecular weight is 739 g/mol. The molecular weight excluding hydrogens is 703 g/mol. The minimum atomic E-state index is -4.19. The van der Waals surface area contributed by atoms with Crippen LogP contribution >= 0.6 is 17.2 Å². The zero-order valence-electron chi connectivity index (χ0n) is 27.0. The molecule has 0 heterocycles. The van der Waals surface area contributed by atoms with E-state index in [1.807, 2.05) is 0 Å². The molecule has 0 aliphatic carbocycles. The van der Waals surface area contributed by atoms with E-state index in [1.165, 1.54) is 57.1 Å². The Morgan fingerprint density at radius 1 is 0.400 bits per heavy atom. The number of hydrogen-bond donors (Lipinski definition) is 2. The first kappa shape index (κ1) is 35.8. The third-order valence-corrected chi connectivity index (χ3v) is 12.8. The normalized spacial score (nSPS) is 12.3. The van der Waals surface area contributed by atoms with Gasteiger partial charge in [0.2, 0.25) is 0 Å². The first-order valence-corrected chi connectivity index (χ1v) is 21.3. The fourth-order valence-corrected chi connectivity index (χ4v) is 8.95. The Kier molecular flexibility index (Phi) is 11.4. The second kappa shape index (κ2) is 15.9. The van der Waals surface area contributed by atoms with E-state index in [0.29, 0.717) is 30.0 Å². The molecule has 6 nitrogen and oxygen atoms in total. The topological polar surface area (TPSA) is 109 Å². The van der Waals surface area contributed by atoms with Gasteiger partial charge in [-0.2, -0.15) is 16.8 Å². The highest BCUT2D eigenvalue weighted by molar-refractivity contribution is 7.86. The molecule has 0 bridgehead atoms. The van der Waals surface area contributed by atoms with Crippen molar-refractivity contribution in [3.8, 4) is 11.1 Å². The molecule has 0 spiro atoms. The Morgan fingerprint density at radius 3 is 1.02 bits per heavy atom. The molecule has 0 aliphatic rings. The highest BCUT2D eigenvalue weighted by atomic mass is 32.2. The maximum absolute atomic E-state index is 11.3. The van der Waals surface area contributed by atoms with Crippen molar-refractivity contribution < 1.29 is 25.9 Å². The van der Waals surface area contributed by atoms with Gasteiger partial charge >= 0.3 is 0 Å². The largest absolute Gasteiger partial charge is 0.294 e. The molecule has 2 unspecified atom stereocenters. The van der Waals surface area contributed by atoms with E-state index in [1.54, 1.807) is 24.3 Å². The highest BCUT2D eigenvalue weighted by Crippen LogP contribution is 2.34. The standard InChI is InChI=1S/C40H36O6P2S2/c41-49(42,43)37-21-13-31(14-22-37)25-29-9-17-35(18-10-29)47-27-33-5-1-3-7-39(33)40-8-4-2-6-34(40)28-48-36-19-11-30(12-20-36)26-32-15-23-38(24-16-32)50(44,45)46/h1-24,47-48H,25-28H2,(H,41,42,43)(H,44,45,46). The van der Waals surface area contributed by atoms with Gasteiger partial charge in [-0.05, 0) is 105 Å². The first-order valence-electron chi connectivity index (χ1n) is 16.0. The van der Waals surface area contributed by atoms with Crippen LogP contribution in [0, 0.1) is 0 Å². The van der Waals surface area contributed by atoms with Crippen LogP contribution in [0.25, 0.3) is 11.1 Å². The monoisotopic (exact) mass is 738 g/mol. The Hall–Kier alpha value is -4.00. The third-order valence-electron chi connectivity index (χ3n) is 8.46. The fourth-order valence-electron chi connectivity index (χ4n) is 5.78. The number of rotatable bonds is 13. The van der Waals surface area contributed by atoms with Gasteiger partial charge in [-0.15, -0.1) is 0 Å². The lowest BCUT2D eigenvalue weighted by Gasteiger charge is -2.15. The number of hydrogen-bond acceptors (Lipinski definition) is 4. The van der Waals surface area contributed by atoms with Crippen LogP contribution < -0.4 is 10.6 Å². The van der Waals surface area contributed by atoms with Gasteiger partial charge in [-0.25, -0.2) is 0 Å². The summed E-state index contributed by atoms with van der Waals surface area (Å²) < 4.78 is 63.7. The Balaban J connectivity index is 1.07. The molecule has 0 aromatic heterocycles. The van der Waals surface area contributed by atoms with Crippen LogP contribution in [-0.4, -0.2) is 25.9 Å². The second-order valence-corrected chi connectivity index (χ2v) is 17.4. The summed E-state index contributed by atoms with van der Waals surface area (Å²) in [7, 11) is -7.17. The molecule has 0 amide bonds. The van der Waals surface area contributed by atoms with Gasteiger partial charge in [-0.3, -0.25) is 9.11 Å². The maximum Gasteiger partial charge on any atom is 0.294 e. The highest BCUT2D eigenvalue weighted by Gasteiger charge is 2.12. The molecular formula is C40H36O6P2S2. The van der Waals surface area contributed by atoms with Gasteiger partial charge in [0.1, 0.15) is 0 Å². The molecule has 0 saturated carbocycles. The van der Waals surface area contributed by atoms with Crippen LogP contribution in [0.1, 0.15) is 33.4 Å². The predicted molar refractivity (Wildman–Crippen MR) is 206 cm³/mol. The van der Waals surface area contributed by atoms with E-state index in [-0.39, 0.29) is 9.79 Å². The minimum Gasteiger partial charge on any atom is -0.282 e. The van der Waals surface area contributed by atoms with Gasteiger partial charge in [0.15, 0.2) is 0 Å². The minimum absolute atomic E-state index is 0.100.